The summed E-state index contributed by atoms with van der Waals surface area (Å²) in [5.41, 5.74) is 1.99. The Kier molecular flexibility index (Phi) is 8.72. The molecule has 10 heteroatoms. The predicted octanol–water partition coefficient (Wildman–Crippen LogP) is 4.66. The number of ether oxygens (including phenoxy) is 1. The third-order valence-electron chi connectivity index (χ3n) is 4.87. The van der Waals surface area contributed by atoms with Gasteiger partial charge in [0.2, 0.25) is 5.91 Å². The van der Waals surface area contributed by atoms with E-state index in [-0.39, 0.29) is 17.6 Å². The normalized spacial score (nSPS) is 11.5. The fraction of sp³-hybridized carbons (Fsp3) is 0.250. The number of halogens is 1. The van der Waals surface area contributed by atoms with Gasteiger partial charge in [-0.1, -0.05) is 47.6 Å². The second kappa shape index (κ2) is 11.7. The summed E-state index contributed by atoms with van der Waals surface area (Å²) in [6, 6.07) is 11.9. The van der Waals surface area contributed by atoms with Crippen molar-refractivity contribution >= 4 is 40.9 Å². The van der Waals surface area contributed by atoms with Crippen molar-refractivity contribution in [3.8, 4) is 5.75 Å². The third kappa shape index (κ3) is 6.18. The van der Waals surface area contributed by atoms with Gasteiger partial charge in [0.15, 0.2) is 11.0 Å². The zero-order valence-corrected chi connectivity index (χ0v) is 20.7. The highest BCUT2D eigenvalue weighted by molar-refractivity contribution is 7.99. The van der Waals surface area contributed by atoms with Gasteiger partial charge in [-0.2, -0.15) is 0 Å². The molecule has 2 amide bonds. The highest BCUT2D eigenvalue weighted by Gasteiger charge is 2.21. The number of hydrogen-bond donors (Lipinski definition) is 2. The van der Waals surface area contributed by atoms with Crippen LogP contribution in [0.25, 0.3) is 0 Å². The first-order chi connectivity index (χ1) is 16.3. The van der Waals surface area contributed by atoms with Gasteiger partial charge in [0.25, 0.3) is 5.91 Å². The minimum absolute atomic E-state index is 0.118. The van der Waals surface area contributed by atoms with Gasteiger partial charge in [0.05, 0.1) is 35.2 Å². The van der Waals surface area contributed by atoms with E-state index >= 15 is 0 Å². The third-order valence-corrected chi connectivity index (χ3v) is 6.17. The van der Waals surface area contributed by atoms with Crippen LogP contribution in [0.2, 0.25) is 5.02 Å². The molecule has 2 aromatic carbocycles. The van der Waals surface area contributed by atoms with E-state index in [0.717, 1.165) is 5.56 Å². The molecule has 0 radical (unpaired) electrons. The molecule has 0 aliphatic rings. The number of carbonyl (C=O) groups is 2. The molecule has 0 fully saturated rings. The molecule has 0 aliphatic carbocycles. The van der Waals surface area contributed by atoms with Crippen molar-refractivity contribution in [3.63, 3.8) is 0 Å². The summed E-state index contributed by atoms with van der Waals surface area (Å²) < 4.78 is 7.13. The maximum Gasteiger partial charge on any atom is 0.253 e. The van der Waals surface area contributed by atoms with E-state index in [9.17, 15) is 9.59 Å². The number of nitrogens with one attached hydrogen (secondary N) is 2. The summed E-state index contributed by atoms with van der Waals surface area (Å²) in [6.45, 7) is 7.96. The number of benzene rings is 2. The van der Waals surface area contributed by atoms with Crippen LogP contribution in [0, 0.1) is 6.92 Å². The van der Waals surface area contributed by atoms with E-state index in [2.05, 4.69) is 27.4 Å². The van der Waals surface area contributed by atoms with Gasteiger partial charge >= 0.3 is 0 Å². The van der Waals surface area contributed by atoms with Crippen LogP contribution < -0.4 is 15.4 Å². The van der Waals surface area contributed by atoms with Crippen LogP contribution in [0.4, 0.5) is 5.69 Å². The number of aryl methyl sites for hydroxylation is 1. The van der Waals surface area contributed by atoms with Crippen molar-refractivity contribution in [3.05, 3.63) is 77.1 Å². The van der Waals surface area contributed by atoms with Crippen molar-refractivity contribution in [2.24, 2.45) is 0 Å². The summed E-state index contributed by atoms with van der Waals surface area (Å²) in [7, 11) is 1.56. The molecule has 0 spiro atoms. The van der Waals surface area contributed by atoms with Crippen molar-refractivity contribution in [2.45, 2.75) is 31.6 Å². The van der Waals surface area contributed by atoms with Crippen LogP contribution >= 0.6 is 23.4 Å². The second-order valence-corrected chi connectivity index (χ2v) is 8.81. The number of methoxy groups -OCH3 is 1. The monoisotopic (exact) mass is 499 g/mol. The predicted molar refractivity (Wildman–Crippen MR) is 135 cm³/mol. The highest BCUT2D eigenvalue weighted by Crippen LogP contribution is 2.26. The molecule has 3 aromatic rings. The molecule has 1 aromatic heterocycles. The van der Waals surface area contributed by atoms with Crippen LogP contribution in [-0.2, 0) is 11.3 Å². The number of amides is 2. The Hall–Kier alpha value is -3.30. The van der Waals surface area contributed by atoms with Gasteiger partial charge in [-0.3, -0.25) is 9.59 Å². The molecule has 1 atom stereocenters. The maximum atomic E-state index is 12.6. The van der Waals surface area contributed by atoms with Crippen LogP contribution in [0.5, 0.6) is 5.75 Å². The lowest BCUT2D eigenvalue weighted by atomic mass is 10.2. The van der Waals surface area contributed by atoms with E-state index < -0.39 is 6.04 Å². The molecule has 178 valence electrons. The number of rotatable bonds is 10. The molecule has 3 rings (SSSR count). The number of aromatic nitrogens is 3. The van der Waals surface area contributed by atoms with Gasteiger partial charge in [-0.15, -0.1) is 16.8 Å². The van der Waals surface area contributed by atoms with E-state index in [4.69, 9.17) is 16.3 Å². The fourth-order valence-electron chi connectivity index (χ4n) is 3.25. The zero-order chi connectivity index (χ0) is 24.7. The molecule has 0 unspecified atom stereocenters. The lowest BCUT2D eigenvalue weighted by molar-refractivity contribution is -0.113. The summed E-state index contributed by atoms with van der Waals surface area (Å²) in [5.74, 6) is 0.732. The minimum Gasteiger partial charge on any atom is -0.495 e. The molecule has 0 saturated carbocycles. The first-order valence-electron chi connectivity index (χ1n) is 10.5. The van der Waals surface area contributed by atoms with Gasteiger partial charge in [-0.25, -0.2) is 0 Å². The first kappa shape index (κ1) is 25.3. The molecule has 34 heavy (non-hydrogen) atoms. The van der Waals surface area contributed by atoms with Crippen LogP contribution in [0.15, 0.2) is 60.3 Å². The van der Waals surface area contributed by atoms with E-state index in [1.54, 1.807) is 37.5 Å². The number of allylic oxidation sites excluding steroid dienone is 1. The first-order valence-corrected chi connectivity index (χ1v) is 11.9. The molecule has 2 N–H and O–H groups in total. The lowest BCUT2D eigenvalue weighted by Gasteiger charge is -2.16. The van der Waals surface area contributed by atoms with Crippen molar-refractivity contribution in [1.82, 2.24) is 20.1 Å². The van der Waals surface area contributed by atoms with Gasteiger partial charge in [0, 0.05) is 6.54 Å². The highest BCUT2D eigenvalue weighted by atomic mass is 35.5. The second-order valence-electron chi connectivity index (χ2n) is 7.46. The Morgan fingerprint density at radius 1 is 1.26 bits per heavy atom. The van der Waals surface area contributed by atoms with Crippen molar-refractivity contribution in [2.75, 3.05) is 18.2 Å². The molecule has 0 saturated heterocycles. The number of anilines is 1. The van der Waals surface area contributed by atoms with Gasteiger partial charge in [0.1, 0.15) is 5.75 Å². The SMILES string of the molecule is C=CCn1c(SCC(=O)Nc2cc(C)ccc2OC)nnc1[C@@H](C)NC(=O)c1ccccc1Cl. The number of carbonyl (C=O) groups excluding carboxylic acids is 2. The number of nitrogens with zero attached hydrogens (tertiary/aromatic N) is 3. The molecule has 0 bridgehead atoms. The topological polar surface area (TPSA) is 98.1 Å². The average molecular weight is 500 g/mol. The Bertz CT molecular complexity index is 1200. The summed E-state index contributed by atoms with van der Waals surface area (Å²) >= 11 is 7.38. The quantitative estimate of drug-likeness (QED) is 0.311. The molecular weight excluding hydrogens is 474 g/mol. The van der Waals surface area contributed by atoms with Crippen LogP contribution in [0.3, 0.4) is 0 Å². The molecular formula is C24H26ClN5O3S. The molecule has 1 heterocycles. The molecule has 0 aliphatic heterocycles. The molecule has 8 nitrogen and oxygen atoms in total. The van der Waals surface area contributed by atoms with Gasteiger partial charge < -0.3 is 19.9 Å². The van der Waals surface area contributed by atoms with Crippen LogP contribution in [-0.4, -0.2) is 39.4 Å². The Morgan fingerprint density at radius 3 is 2.74 bits per heavy atom. The van der Waals surface area contributed by atoms with Gasteiger partial charge in [-0.05, 0) is 43.7 Å². The van der Waals surface area contributed by atoms with Crippen molar-refractivity contribution < 1.29 is 14.3 Å². The summed E-state index contributed by atoms with van der Waals surface area (Å²) in [4.78, 5) is 25.2. The maximum absolute atomic E-state index is 12.6. The Morgan fingerprint density at radius 2 is 2.03 bits per heavy atom. The van der Waals surface area contributed by atoms with E-state index in [0.29, 0.717) is 39.5 Å². The fourth-order valence-corrected chi connectivity index (χ4v) is 4.22. The Balaban J connectivity index is 1.69. The Labute approximate surface area is 207 Å². The van der Waals surface area contributed by atoms with E-state index in [1.165, 1.54) is 11.8 Å². The smallest absolute Gasteiger partial charge is 0.253 e. The average Bonchev–Trinajstić information content (AvgIpc) is 3.21. The largest absolute Gasteiger partial charge is 0.495 e. The number of hydrogen-bond acceptors (Lipinski definition) is 6. The summed E-state index contributed by atoms with van der Waals surface area (Å²) in [5, 5.41) is 15.2. The zero-order valence-electron chi connectivity index (χ0n) is 19.2. The van der Waals surface area contributed by atoms with Crippen LogP contribution in [0.1, 0.15) is 34.7 Å². The summed E-state index contributed by atoms with van der Waals surface area (Å²) in [6.07, 6.45) is 1.71. The minimum atomic E-state index is -0.448. The number of thioether (sulfide) groups is 1. The van der Waals surface area contributed by atoms with Crippen molar-refractivity contribution in [1.29, 1.82) is 0 Å². The standard InChI is InChI=1S/C24H26ClN5O3S/c1-5-12-30-22(16(3)26-23(32)17-8-6-7-9-18(17)25)28-29-24(30)34-14-21(31)27-19-13-15(2)10-11-20(19)33-4/h5-11,13,16H,1,12,14H2,2-4H3,(H,26,32)(H,27,31)/t16-/m1/s1. The lowest BCUT2D eigenvalue weighted by Crippen LogP contribution is -2.29. The van der Waals surface area contributed by atoms with E-state index in [1.807, 2.05) is 36.6 Å².